The van der Waals surface area contributed by atoms with Crippen molar-refractivity contribution >= 4 is 27.9 Å². The van der Waals surface area contributed by atoms with E-state index in [1.165, 1.54) is 20.4 Å². The molecule has 3 saturated heterocycles. The normalized spacial score (nSPS) is 24.7. The maximum atomic E-state index is 12.7. The van der Waals surface area contributed by atoms with Crippen LogP contribution in [0.2, 0.25) is 0 Å². The molecular weight excluding hydrogens is 364 g/mol. The van der Waals surface area contributed by atoms with Crippen LogP contribution in [-0.2, 0) is 15.0 Å². The number of piperidine rings is 1. The van der Waals surface area contributed by atoms with Crippen LogP contribution in [0.25, 0.3) is 0 Å². The Bertz CT molecular complexity index is 735. The van der Waals surface area contributed by atoms with Gasteiger partial charge < -0.3 is 4.90 Å². The van der Waals surface area contributed by atoms with Gasteiger partial charge in [0.15, 0.2) is 0 Å². The van der Waals surface area contributed by atoms with Gasteiger partial charge in [0.1, 0.15) is 5.82 Å². The monoisotopic (exact) mass is 388 g/mol. The van der Waals surface area contributed by atoms with Crippen molar-refractivity contribution in [3.63, 3.8) is 0 Å². The molecule has 4 rings (SSSR count). The molecule has 2 atom stereocenters. The van der Waals surface area contributed by atoms with Gasteiger partial charge in [-0.2, -0.15) is 17.0 Å². The summed E-state index contributed by atoms with van der Waals surface area (Å²) in [6.07, 6.45) is 1.81. The van der Waals surface area contributed by atoms with Crippen molar-refractivity contribution in [2.75, 3.05) is 39.5 Å². The Morgan fingerprint density at radius 1 is 1.32 bits per heavy atom. The van der Waals surface area contributed by atoms with Crippen molar-refractivity contribution in [1.29, 1.82) is 0 Å². The minimum Gasteiger partial charge on any atom is -0.337 e. The van der Waals surface area contributed by atoms with Gasteiger partial charge in [-0.15, -0.1) is 5.10 Å². The minimum atomic E-state index is -3.45. The molecule has 0 saturated carbocycles. The fraction of sp³-hybridized carbons (Fsp3) is 0.786. The second-order valence-corrected chi connectivity index (χ2v) is 9.83. The van der Waals surface area contributed by atoms with Crippen molar-refractivity contribution in [3.8, 4) is 0 Å². The van der Waals surface area contributed by atoms with Crippen LogP contribution in [0.5, 0.6) is 0 Å². The van der Waals surface area contributed by atoms with E-state index in [1.807, 2.05) is 11.8 Å². The number of aromatic nitrogens is 3. The van der Waals surface area contributed by atoms with Gasteiger partial charge in [0.05, 0.1) is 5.75 Å². The van der Waals surface area contributed by atoms with E-state index in [2.05, 4.69) is 15.2 Å². The Labute approximate surface area is 152 Å². The summed E-state index contributed by atoms with van der Waals surface area (Å²) in [5, 5.41) is 7.34. The molecule has 9 nitrogen and oxygen atoms in total. The van der Waals surface area contributed by atoms with Crippen molar-refractivity contribution in [3.05, 3.63) is 5.82 Å². The van der Waals surface area contributed by atoms with Gasteiger partial charge in [-0.1, -0.05) is 11.8 Å². The Hall–Kier alpha value is -1.17. The van der Waals surface area contributed by atoms with E-state index in [1.54, 1.807) is 14.1 Å². The fourth-order valence-electron chi connectivity index (χ4n) is 3.36. The van der Waals surface area contributed by atoms with Gasteiger partial charge in [-0.3, -0.25) is 9.89 Å². The molecule has 1 amide bonds. The summed E-state index contributed by atoms with van der Waals surface area (Å²) < 4.78 is 27.7. The zero-order valence-electron chi connectivity index (χ0n) is 14.7. The summed E-state index contributed by atoms with van der Waals surface area (Å²) in [6.45, 7) is 3.28. The number of aryl methyl sites for hydroxylation is 1. The number of rotatable bonds is 5. The van der Waals surface area contributed by atoms with E-state index in [-0.39, 0.29) is 23.6 Å². The maximum absolute atomic E-state index is 12.7. The van der Waals surface area contributed by atoms with Crippen LogP contribution >= 0.6 is 11.8 Å². The lowest BCUT2D eigenvalue weighted by Gasteiger charge is -2.36. The van der Waals surface area contributed by atoms with Gasteiger partial charge in [-0.25, -0.2) is 4.98 Å². The fourth-order valence-corrected chi connectivity index (χ4v) is 5.31. The van der Waals surface area contributed by atoms with Crippen LogP contribution < -0.4 is 0 Å². The molecular formula is C14H24N6O3S2. The molecule has 1 N–H and O–H groups in total. The van der Waals surface area contributed by atoms with Crippen molar-refractivity contribution in [2.45, 2.75) is 31.0 Å². The molecule has 0 radical (unpaired) electrons. The Morgan fingerprint density at radius 3 is 2.72 bits per heavy atom. The van der Waals surface area contributed by atoms with Crippen LogP contribution in [0.3, 0.4) is 0 Å². The van der Waals surface area contributed by atoms with Gasteiger partial charge in [0.2, 0.25) is 11.1 Å². The number of hydrogen-bond acceptors (Lipinski definition) is 6. The van der Waals surface area contributed by atoms with Gasteiger partial charge >= 0.3 is 0 Å². The van der Waals surface area contributed by atoms with E-state index < -0.39 is 10.2 Å². The van der Waals surface area contributed by atoms with Gasteiger partial charge in [0.25, 0.3) is 10.2 Å². The second-order valence-electron chi connectivity index (χ2n) is 6.74. The number of H-pyrrole nitrogens is 1. The molecule has 4 heterocycles. The highest BCUT2D eigenvalue weighted by Crippen LogP contribution is 2.30. The van der Waals surface area contributed by atoms with Gasteiger partial charge in [0, 0.05) is 39.8 Å². The molecule has 3 aliphatic rings. The van der Waals surface area contributed by atoms with E-state index in [9.17, 15) is 13.2 Å². The minimum absolute atomic E-state index is 0.0197. The first-order valence-electron chi connectivity index (χ1n) is 8.26. The van der Waals surface area contributed by atoms with Crippen molar-refractivity contribution in [2.24, 2.45) is 5.92 Å². The number of carbonyl (C=O) groups excluding carboxylic acids is 1. The lowest BCUT2D eigenvalue weighted by molar-refractivity contribution is -0.132. The van der Waals surface area contributed by atoms with E-state index >= 15 is 0 Å². The Balaban J connectivity index is 1.67. The summed E-state index contributed by atoms with van der Waals surface area (Å²) >= 11 is 1.30. The molecule has 3 aliphatic heterocycles. The van der Waals surface area contributed by atoms with Crippen LogP contribution in [0.4, 0.5) is 0 Å². The number of aromatic amines is 1. The maximum Gasteiger partial charge on any atom is 0.281 e. The van der Waals surface area contributed by atoms with Crippen molar-refractivity contribution in [1.82, 2.24) is 28.7 Å². The van der Waals surface area contributed by atoms with Crippen LogP contribution in [0.1, 0.15) is 18.7 Å². The first-order valence-corrected chi connectivity index (χ1v) is 10.6. The van der Waals surface area contributed by atoms with E-state index in [0.717, 1.165) is 12.8 Å². The quantitative estimate of drug-likeness (QED) is 0.709. The zero-order valence-corrected chi connectivity index (χ0v) is 16.3. The number of amides is 1. The van der Waals surface area contributed by atoms with Crippen LogP contribution in [-0.4, -0.2) is 88.5 Å². The number of nitrogens with one attached hydrogen (secondary N) is 1. The second kappa shape index (κ2) is 7.22. The summed E-state index contributed by atoms with van der Waals surface area (Å²) in [6, 6.07) is -0.0598. The molecule has 11 heteroatoms. The summed E-state index contributed by atoms with van der Waals surface area (Å²) in [5.41, 5.74) is 0. The SMILES string of the molecule is Cc1nc(SCC(=O)N2C[C@@H]3CC[C@H]2CN(S(=O)(=O)N(C)C)C3)n[nH]1. The first kappa shape index (κ1) is 18.6. The highest BCUT2D eigenvalue weighted by atomic mass is 32.2. The zero-order chi connectivity index (χ0) is 18.2. The average molecular weight is 389 g/mol. The molecule has 0 spiro atoms. The summed E-state index contributed by atoms with van der Waals surface area (Å²) in [5.74, 6) is 1.19. The number of thioether (sulfide) groups is 1. The molecule has 0 aromatic carbocycles. The summed E-state index contributed by atoms with van der Waals surface area (Å²) in [4.78, 5) is 18.7. The largest absolute Gasteiger partial charge is 0.337 e. The summed E-state index contributed by atoms with van der Waals surface area (Å²) in [7, 11) is -0.367. The smallest absolute Gasteiger partial charge is 0.281 e. The third-order valence-corrected chi connectivity index (χ3v) is 7.40. The molecule has 1 aromatic heterocycles. The highest BCUT2D eigenvalue weighted by Gasteiger charge is 2.41. The lowest BCUT2D eigenvalue weighted by Crippen LogP contribution is -2.49. The molecule has 0 aliphatic carbocycles. The standard InChI is InChI=1S/C14H24N6O3S2/c1-10-15-14(17-16-10)24-9-13(21)20-7-11-4-5-12(20)8-19(6-11)25(22,23)18(2)3/h11-12H,4-9H2,1-3H3,(H,15,16,17)/t11-,12+/m1/s1. The highest BCUT2D eigenvalue weighted by molar-refractivity contribution is 7.99. The Kier molecular flexibility index (Phi) is 5.37. The van der Waals surface area contributed by atoms with Crippen LogP contribution in [0, 0.1) is 12.8 Å². The third kappa shape index (κ3) is 3.99. The topological polar surface area (TPSA) is 102 Å². The number of nitrogens with zero attached hydrogens (tertiary/aromatic N) is 5. The van der Waals surface area contributed by atoms with Crippen LogP contribution in [0.15, 0.2) is 5.16 Å². The Morgan fingerprint density at radius 2 is 2.08 bits per heavy atom. The van der Waals surface area contributed by atoms with E-state index in [4.69, 9.17) is 0 Å². The van der Waals surface area contributed by atoms with E-state index in [0.29, 0.717) is 30.6 Å². The number of fused-ring (bicyclic) bond motifs is 4. The molecule has 25 heavy (non-hydrogen) atoms. The molecule has 2 bridgehead atoms. The molecule has 140 valence electrons. The molecule has 0 unspecified atom stereocenters. The number of hydrogen-bond donors (Lipinski definition) is 1. The lowest BCUT2D eigenvalue weighted by atomic mass is 9.95. The van der Waals surface area contributed by atoms with Crippen molar-refractivity contribution < 1.29 is 13.2 Å². The predicted octanol–water partition coefficient (Wildman–Crippen LogP) is -0.0656. The number of carbonyl (C=O) groups is 1. The molecule has 1 aromatic rings. The predicted molar refractivity (Wildman–Crippen MR) is 94.2 cm³/mol. The molecule has 3 fully saturated rings. The first-order chi connectivity index (χ1) is 11.8. The third-order valence-electron chi connectivity index (χ3n) is 4.69. The van der Waals surface area contributed by atoms with Gasteiger partial charge in [-0.05, 0) is 25.7 Å². The average Bonchev–Trinajstić information content (AvgIpc) is 2.78.